The van der Waals surface area contributed by atoms with Gasteiger partial charge in [-0.3, -0.25) is 4.79 Å². The molecule has 0 saturated carbocycles. The first-order valence-corrected chi connectivity index (χ1v) is 8.28. The molecule has 1 aromatic carbocycles. The summed E-state index contributed by atoms with van der Waals surface area (Å²) in [4.78, 5) is 20.0. The van der Waals surface area contributed by atoms with Crippen molar-refractivity contribution in [3.63, 3.8) is 0 Å². The van der Waals surface area contributed by atoms with Crippen molar-refractivity contribution < 1.29 is 18.0 Å². The molecule has 0 fully saturated rings. The number of benzene rings is 1. The van der Waals surface area contributed by atoms with E-state index in [0.717, 1.165) is 12.1 Å². The molecule has 27 heavy (non-hydrogen) atoms. The predicted octanol–water partition coefficient (Wildman–Crippen LogP) is 4.90. The molecule has 0 radical (unpaired) electrons. The lowest BCUT2D eigenvalue weighted by Gasteiger charge is -2.09. The van der Waals surface area contributed by atoms with E-state index in [-0.39, 0.29) is 28.1 Å². The highest BCUT2D eigenvalue weighted by Crippen LogP contribution is 2.29. The lowest BCUT2D eigenvalue weighted by atomic mass is 10.1. The Morgan fingerprint density at radius 1 is 1.19 bits per heavy atom. The Balaban J connectivity index is 1.70. The molecule has 0 atom stereocenters. The van der Waals surface area contributed by atoms with Crippen LogP contribution in [0.2, 0.25) is 10.2 Å². The van der Waals surface area contributed by atoms with Gasteiger partial charge in [0, 0.05) is 18.9 Å². The molecule has 0 saturated heterocycles. The summed E-state index contributed by atoms with van der Waals surface area (Å²) < 4.78 is 39.9. The number of amides is 1. The molecule has 0 unspecified atom stereocenters. The highest BCUT2D eigenvalue weighted by molar-refractivity contribution is 6.41. The lowest BCUT2D eigenvalue weighted by Crippen LogP contribution is -2.12. The number of nitrogens with one attached hydrogen (secondary N) is 1. The van der Waals surface area contributed by atoms with E-state index in [0.29, 0.717) is 5.56 Å². The molecule has 0 aliphatic heterocycles. The van der Waals surface area contributed by atoms with E-state index < -0.39 is 17.6 Å². The van der Waals surface area contributed by atoms with Crippen LogP contribution in [-0.2, 0) is 12.7 Å². The third-order valence-corrected chi connectivity index (χ3v) is 4.24. The predicted molar refractivity (Wildman–Crippen MR) is 95.0 cm³/mol. The standard InChI is InChI=1S/C17H11Cl2F3N4O/c18-13-5-11(6-23-15(13)19)16(27)25-14-8-26(9-24-14)7-10-2-1-3-12(4-10)17(20,21)22/h1-6,8-9H,7H2,(H,25,27). The maximum atomic E-state index is 12.8. The van der Waals surface area contributed by atoms with Gasteiger partial charge in [-0.25, -0.2) is 9.97 Å². The number of aromatic nitrogens is 3. The van der Waals surface area contributed by atoms with Crippen LogP contribution in [-0.4, -0.2) is 20.4 Å². The molecular weight excluding hydrogens is 404 g/mol. The van der Waals surface area contributed by atoms with Gasteiger partial charge < -0.3 is 9.88 Å². The summed E-state index contributed by atoms with van der Waals surface area (Å²) in [5.41, 5.74) is -0.0774. The summed E-state index contributed by atoms with van der Waals surface area (Å²) in [6.45, 7) is 0.168. The Labute approximate surface area is 161 Å². The lowest BCUT2D eigenvalue weighted by molar-refractivity contribution is -0.137. The van der Waals surface area contributed by atoms with Crippen molar-refractivity contribution in [2.75, 3.05) is 5.32 Å². The topological polar surface area (TPSA) is 59.8 Å². The highest BCUT2D eigenvalue weighted by Gasteiger charge is 2.30. The van der Waals surface area contributed by atoms with E-state index in [9.17, 15) is 18.0 Å². The van der Waals surface area contributed by atoms with Crippen LogP contribution in [0.15, 0.2) is 49.1 Å². The summed E-state index contributed by atoms with van der Waals surface area (Å²) in [7, 11) is 0. The van der Waals surface area contributed by atoms with Crippen LogP contribution in [0.5, 0.6) is 0 Å². The number of hydrogen-bond acceptors (Lipinski definition) is 3. The number of halogens is 5. The minimum absolute atomic E-state index is 0.0820. The summed E-state index contributed by atoms with van der Waals surface area (Å²) in [6.07, 6.45) is -0.229. The van der Waals surface area contributed by atoms with Crippen molar-refractivity contribution in [2.24, 2.45) is 0 Å². The molecule has 0 aliphatic rings. The average Bonchev–Trinajstić information content (AvgIpc) is 3.03. The number of imidazole rings is 1. The quantitative estimate of drug-likeness (QED) is 0.617. The van der Waals surface area contributed by atoms with Crippen LogP contribution in [0.4, 0.5) is 19.0 Å². The van der Waals surface area contributed by atoms with Crippen molar-refractivity contribution in [1.82, 2.24) is 14.5 Å². The number of rotatable bonds is 4. The fraction of sp³-hybridized carbons (Fsp3) is 0.118. The second-order valence-corrected chi connectivity index (χ2v) is 6.35. The zero-order valence-electron chi connectivity index (χ0n) is 13.5. The van der Waals surface area contributed by atoms with Gasteiger partial charge in [-0.05, 0) is 23.8 Å². The highest BCUT2D eigenvalue weighted by atomic mass is 35.5. The SMILES string of the molecule is O=C(Nc1cn(Cc2cccc(C(F)(F)F)c2)cn1)c1cnc(Cl)c(Cl)c1. The van der Waals surface area contributed by atoms with Crippen LogP contribution in [0.25, 0.3) is 0 Å². The van der Waals surface area contributed by atoms with Gasteiger partial charge in [0.15, 0.2) is 5.82 Å². The van der Waals surface area contributed by atoms with Crippen LogP contribution < -0.4 is 5.32 Å². The van der Waals surface area contributed by atoms with Crippen LogP contribution >= 0.6 is 23.2 Å². The van der Waals surface area contributed by atoms with Gasteiger partial charge in [-0.1, -0.05) is 35.3 Å². The molecule has 10 heteroatoms. The number of pyridine rings is 1. The molecule has 0 bridgehead atoms. The summed E-state index contributed by atoms with van der Waals surface area (Å²) in [5, 5.41) is 2.77. The molecule has 2 aromatic heterocycles. The van der Waals surface area contributed by atoms with Crippen LogP contribution in [0.3, 0.4) is 0 Å². The number of carbonyl (C=O) groups is 1. The first-order valence-electron chi connectivity index (χ1n) is 7.52. The Hall–Kier alpha value is -2.58. The normalized spacial score (nSPS) is 11.4. The van der Waals surface area contributed by atoms with E-state index >= 15 is 0 Å². The number of carbonyl (C=O) groups excluding carboxylic acids is 1. The second-order valence-electron chi connectivity index (χ2n) is 5.58. The average molecular weight is 415 g/mol. The van der Waals surface area contributed by atoms with Gasteiger partial charge in [0.05, 0.1) is 22.5 Å². The van der Waals surface area contributed by atoms with Crippen molar-refractivity contribution >= 4 is 34.9 Å². The molecule has 3 rings (SSSR count). The molecule has 1 amide bonds. The van der Waals surface area contributed by atoms with Gasteiger partial charge >= 0.3 is 6.18 Å². The third-order valence-electron chi connectivity index (χ3n) is 3.55. The van der Waals surface area contributed by atoms with Gasteiger partial charge in [0.1, 0.15) is 5.15 Å². The number of anilines is 1. The van der Waals surface area contributed by atoms with Gasteiger partial charge in [0.2, 0.25) is 0 Å². The molecule has 0 spiro atoms. The molecule has 0 aliphatic carbocycles. The first-order chi connectivity index (χ1) is 12.7. The molecule has 140 valence electrons. The van der Waals surface area contributed by atoms with E-state index in [1.165, 1.54) is 30.9 Å². The van der Waals surface area contributed by atoms with E-state index in [2.05, 4.69) is 15.3 Å². The summed E-state index contributed by atoms with van der Waals surface area (Å²) in [5.74, 6) is -0.261. The maximum Gasteiger partial charge on any atom is 0.416 e. The molecule has 5 nitrogen and oxygen atoms in total. The minimum Gasteiger partial charge on any atom is -0.331 e. The monoisotopic (exact) mass is 414 g/mol. The Morgan fingerprint density at radius 3 is 2.67 bits per heavy atom. The number of hydrogen-bond donors (Lipinski definition) is 1. The summed E-state index contributed by atoms with van der Waals surface area (Å²) >= 11 is 11.5. The van der Waals surface area contributed by atoms with E-state index in [1.807, 2.05) is 0 Å². The van der Waals surface area contributed by atoms with Crippen molar-refractivity contribution in [2.45, 2.75) is 12.7 Å². The van der Waals surface area contributed by atoms with E-state index in [4.69, 9.17) is 23.2 Å². The van der Waals surface area contributed by atoms with Gasteiger partial charge in [0.25, 0.3) is 5.91 Å². The van der Waals surface area contributed by atoms with E-state index in [1.54, 1.807) is 10.6 Å². The van der Waals surface area contributed by atoms with Crippen molar-refractivity contribution in [1.29, 1.82) is 0 Å². The zero-order chi connectivity index (χ0) is 19.6. The maximum absolute atomic E-state index is 12.8. The Morgan fingerprint density at radius 2 is 1.96 bits per heavy atom. The molecular formula is C17H11Cl2F3N4O. The minimum atomic E-state index is -4.40. The zero-order valence-corrected chi connectivity index (χ0v) is 15.0. The largest absolute Gasteiger partial charge is 0.416 e. The van der Waals surface area contributed by atoms with Crippen LogP contribution in [0, 0.1) is 0 Å². The number of alkyl halides is 3. The Bertz CT molecular complexity index is 988. The van der Waals surface area contributed by atoms with Crippen molar-refractivity contribution in [3.8, 4) is 0 Å². The third kappa shape index (κ3) is 4.78. The summed E-state index contributed by atoms with van der Waals surface area (Å²) in [6, 6.07) is 6.36. The fourth-order valence-electron chi connectivity index (χ4n) is 2.30. The Kier molecular flexibility index (Phi) is 5.38. The smallest absolute Gasteiger partial charge is 0.331 e. The molecule has 1 N–H and O–H groups in total. The van der Waals surface area contributed by atoms with Crippen molar-refractivity contribution in [3.05, 3.63) is 75.9 Å². The fourth-order valence-corrected chi connectivity index (χ4v) is 2.57. The molecule has 2 heterocycles. The van der Waals surface area contributed by atoms with Gasteiger partial charge in [-0.2, -0.15) is 13.2 Å². The first kappa shape index (κ1) is 19.2. The second kappa shape index (κ2) is 7.58. The number of nitrogens with zero attached hydrogens (tertiary/aromatic N) is 3. The molecule has 3 aromatic rings. The van der Waals surface area contributed by atoms with Crippen LogP contribution in [0.1, 0.15) is 21.5 Å². The van der Waals surface area contributed by atoms with Gasteiger partial charge in [-0.15, -0.1) is 0 Å².